The number of oxazole rings is 1. The molecule has 1 N–H and O–H groups in total. The summed E-state index contributed by atoms with van der Waals surface area (Å²) in [5, 5.41) is 5.13. The first kappa shape index (κ1) is 17.3. The summed E-state index contributed by atoms with van der Waals surface area (Å²) in [5.41, 5.74) is 0.943. The van der Waals surface area contributed by atoms with Crippen molar-refractivity contribution in [1.29, 1.82) is 0 Å². The maximum Gasteiger partial charge on any atom is 0.256 e. The van der Waals surface area contributed by atoms with Gasteiger partial charge in [-0.15, -0.1) is 11.3 Å². The maximum atomic E-state index is 12.2. The average Bonchev–Trinajstić information content (AvgIpc) is 3.24. The monoisotopic (exact) mass is 422 g/mol. The van der Waals surface area contributed by atoms with Gasteiger partial charge in [-0.3, -0.25) is 4.79 Å². The van der Waals surface area contributed by atoms with Crippen LogP contribution in [-0.2, 0) is 11.3 Å². The predicted octanol–water partition coefficient (Wildman–Crippen LogP) is 4.96. The van der Waals surface area contributed by atoms with Crippen molar-refractivity contribution < 1.29 is 9.21 Å². The van der Waals surface area contributed by atoms with Gasteiger partial charge in [0.05, 0.1) is 18.0 Å². The summed E-state index contributed by atoms with van der Waals surface area (Å²) in [4.78, 5) is 17.6. The second-order valence-corrected chi connectivity index (χ2v) is 8.30. The number of carbonyl (C=O) groups excluding carboxylic acids is 1. The first-order valence-corrected chi connectivity index (χ1v) is 9.85. The first-order chi connectivity index (χ1) is 11.6. The second-order valence-electron chi connectivity index (χ2n) is 5.06. The molecule has 0 aliphatic carbocycles. The maximum absolute atomic E-state index is 12.2. The number of hydrogen-bond donors (Lipinski definition) is 1. The van der Waals surface area contributed by atoms with Gasteiger partial charge in [0.1, 0.15) is 0 Å². The lowest BCUT2D eigenvalue weighted by Gasteiger charge is -2.09. The van der Waals surface area contributed by atoms with Gasteiger partial charge in [0, 0.05) is 14.9 Å². The predicted molar refractivity (Wildman–Crippen MR) is 101 cm³/mol. The number of aromatic nitrogens is 1. The van der Waals surface area contributed by atoms with E-state index in [1.165, 1.54) is 11.8 Å². The summed E-state index contributed by atoms with van der Waals surface area (Å²) < 4.78 is 6.73. The highest BCUT2D eigenvalue weighted by atomic mass is 79.9. The standard InChI is InChI=1S/C17H15BrN2O2S2/c1-11(16(21)19-9-14-6-3-7-23-14)24-17-20-10-15(22-17)12-4-2-5-13(18)8-12/h2-8,10-11H,9H2,1H3,(H,19,21). The van der Waals surface area contributed by atoms with Crippen LogP contribution in [0.15, 0.2) is 62.1 Å². The van der Waals surface area contributed by atoms with Gasteiger partial charge in [-0.2, -0.15) is 0 Å². The van der Waals surface area contributed by atoms with E-state index >= 15 is 0 Å². The molecule has 124 valence electrons. The molecule has 0 saturated carbocycles. The van der Waals surface area contributed by atoms with Crippen molar-refractivity contribution in [3.63, 3.8) is 0 Å². The van der Waals surface area contributed by atoms with Crippen LogP contribution in [0, 0.1) is 0 Å². The number of thiophene rings is 1. The Morgan fingerprint density at radius 1 is 1.42 bits per heavy atom. The number of nitrogens with one attached hydrogen (secondary N) is 1. The van der Waals surface area contributed by atoms with Crippen molar-refractivity contribution in [3.8, 4) is 11.3 Å². The quantitative estimate of drug-likeness (QED) is 0.570. The Balaban J connectivity index is 1.58. The van der Waals surface area contributed by atoms with Crippen molar-refractivity contribution in [3.05, 3.63) is 57.3 Å². The van der Waals surface area contributed by atoms with E-state index in [1.807, 2.05) is 48.7 Å². The molecular weight excluding hydrogens is 408 g/mol. The molecule has 0 saturated heterocycles. The molecule has 1 unspecified atom stereocenters. The second kappa shape index (κ2) is 8.00. The lowest BCUT2D eigenvalue weighted by atomic mass is 10.2. The highest BCUT2D eigenvalue weighted by molar-refractivity contribution is 9.10. The topological polar surface area (TPSA) is 55.1 Å². The number of halogens is 1. The Bertz CT molecular complexity index is 818. The number of amides is 1. The molecule has 4 nitrogen and oxygen atoms in total. The fourth-order valence-electron chi connectivity index (χ4n) is 2.02. The summed E-state index contributed by atoms with van der Waals surface area (Å²) in [6.45, 7) is 2.40. The Morgan fingerprint density at radius 3 is 3.04 bits per heavy atom. The molecule has 0 spiro atoms. The smallest absolute Gasteiger partial charge is 0.256 e. The molecule has 0 bridgehead atoms. The van der Waals surface area contributed by atoms with E-state index in [1.54, 1.807) is 17.5 Å². The molecule has 7 heteroatoms. The van der Waals surface area contributed by atoms with Crippen LogP contribution < -0.4 is 5.32 Å². The van der Waals surface area contributed by atoms with Crippen LogP contribution in [0.3, 0.4) is 0 Å². The molecule has 2 heterocycles. The summed E-state index contributed by atoms with van der Waals surface area (Å²) in [7, 11) is 0. The van der Waals surface area contributed by atoms with E-state index in [-0.39, 0.29) is 11.2 Å². The Labute approximate surface area is 156 Å². The van der Waals surface area contributed by atoms with Crippen LogP contribution in [-0.4, -0.2) is 16.1 Å². The van der Waals surface area contributed by atoms with E-state index in [0.717, 1.165) is 14.9 Å². The van der Waals surface area contributed by atoms with Crippen LogP contribution in [0.5, 0.6) is 0 Å². The zero-order valence-electron chi connectivity index (χ0n) is 12.9. The largest absolute Gasteiger partial charge is 0.431 e. The third kappa shape index (κ3) is 4.49. The molecule has 24 heavy (non-hydrogen) atoms. The van der Waals surface area contributed by atoms with Gasteiger partial charge >= 0.3 is 0 Å². The Hall–Kier alpha value is -1.57. The van der Waals surface area contributed by atoms with Crippen LogP contribution in [0.4, 0.5) is 0 Å². The molecule has 0 aliphatic heterocycles. The van der Waals surface area contributed by atoms with Crippen molar-refractivity contribution in [1.82, 2.24) is 10.3 Å². The van der Waals surface area contributed by atoms with Crippen molar-refractivity contribution in [2.45, 2.75) is 23.9 Å². The fraction of sp³-hybridized carbons (Fsp3) is 0.176. The number of thioether (sulfide) groups is 1. The Kier molecular flexibility index (Phi) is 5.76. The summed E-state index contributed by atoms with van der Waals surface area (Å²) >= 11 is 6.38. The van der Waals surface area contributed by atoms with Crippen molar-refractivity contribution >= 4 is 44.9 Å². The van der Waals surface area contributed by atoms with Crippen molar-refractivity contribution in [2.75, 3.05) is 0 Å². The number of benzene rings is 1. The lowest BCUT2D eigenvalue weighted by Crippen LogP contribution is -2.30. The SMILES string of the molecule is CC(Sc1ncc(-c2cccc(Br)c2)o1)C(=O)NCc1cccs1. The minimum atomic E-state index is -0.279. The molecule has 3 aromatic rings. The van der Waals surface area contributed by atoms with E-state index in [9.17, 15) is 4.79 Å². The minimum absolute atomic E-state index is 0.0318. The number of nitrogens with zero attached hydrogens (tertiary/aromatic N) is 1. The van der Waals surface area contributed by atoms with E-state index in [2.05, 4.69) is 26.2 Å². The highest BCUT2D eigenvalue weighted by Gasteiger charge is 2.18. The lowest BCUT2D eigenvalue weighted by molar-refractivity contribution is -0.120. The average molecular weight is 423 g/mol. The first-order valence-electron chi connectivity index (χ1n) is 7.30. The molecule has 0 aliphatic rings. The summed E-state index contributed by atoms with van der Waals surface area (Å²) in [6, 6.07) is 11.8. The van der Waals surface area contributed by atoms with Crippen LogP contribution >= 0.6 is 39.0 Å². The number of rotatable bonds is 6. The van der Waals surface area contributed by atoms with Gasteiger partial charge in [0.15, 0.2) is 5.76 Å². The summed E-state index contributed by atoms with van der Waals surface area (Å²) in [6.07, 6.45) is 1.68. The van der Waals surface area contributed by atoms with Gasteiger partial charge in [-0.1, -0.05) is 45.9 Å². The van der Waals surface area contributed by atoms with Gasteiger partial charge in [-0.05, 0) is 30.5 Å². The fourth-order valence-corrected chi connectivity index (χ4v) is 3.81. The van der Waals surface area contributed by atoms with E-state index < -0.39 is 0 Å². The third-order valence-corrected chi connectivity index (χ3v) is 5.59. The van der Waals surface area contributed by atoms with Crippen LogP contribution in [0.1, 0.15) is 11.8 Å². The number of carbonyl (C=O) groups is 1. The van der Waals surface area contributed by atoms with Crippen LogP contribution in [0.2, 0.25) is 0 Å². The van der Waals surface area contributed by atoms with Crippen LogP contribution in [0.25, 0.3) is 11.3 Å². The minimum Gasteiger partial charge on any atom is -0.431 e. The number of hydrogen-bond acceptors (Lipinski definition) is 5. The molecule has 1 aromatic carbocycles. The van der Waals surface area contributed by atoms with Crippen molar-refractivity contribution in [2.24, 2.45) is 0 Å². The van der Waals surface area contributed by atoms with E-state index in [4.69, 9.17) is 4.42 Å². The van der Waals surface area contributed by atoms with Gasteiger partial charge in [-0.25, -0.2) is 4.98 Å². The molecule has 3 rings (SSSR count). The molecule has 2 aromatic heterocycles. The van der Waals surface area contributed by atoms with Gasteiger partial charge in [0.25, 0.3) is 5.22 Å². The highest BCUT2D eigenvalue weighted by Crippen LogP contribution is 2.29. The Morgan fingerprint density at radius 2 is 2.29 bits per heavy atom. The summed E-state index contributed by atoms with van der Waals surface area (Å²) in [5.74, 6) is 0.653. The normalized spacial score (nSPS) is 12.1. The third-order valence-electron chi connectivity index (χ3n) is 3.26. The van der Waals surface area contributed by atoms with Gasteiger partial charge < -0.3 is 9.73 Å². The molecule has 1 atom stereocenters. The molecule has 1 amide bonds. The zero-order chi connectivity index (χ0) is 16.9. The van der Waals surface area contributed by atoms with Gasteiger partial charge in [0.2, 0.25) is 5.91 Å². The van der Waals surface area contributed by atoms with E-state index in [0.29, 0.717) is 17.5 Å². The molecule has 0 radical (unpaired) electrons. The molecule has 0 fully saturated rings. The molecular formula is C17H15BrN2O2S2. The zero-order valence-corrected chi connectivity index (χ0v) is 16.1.